The Labute approximate surface area is 122 Å². The highest BCUT2D eigenvalue weighted by molar-refractivity contribution is 9.10. The van der Waals surface area contributed by atoms with Crippen molar-refractivity contribution in [3.63, 3.8) is 0 Å². The number of benzene rings is 2. The fraction of sp³-hybridized carbons (Fsp3) is 0. The van der Waals surface area contributed by atoms with E-state index in [-0.39, 0.29) is 5.91 Å². The lowest BCUT2D eigenvalue weighted by atomic mass is 10.2. The van der Waals surface area contributed by atoms with Crippen LogP contribution in [0.25, 0.3) is 10.2 Å². The molecule has 19 heavy (non-hydrogen) atoms. The molecular formula is C14H9BrN2OS. The average Bonchev–Trinajstić information content (AvgIpc) is 2.86. The number of nitrogens with zero attached hydrogens (tertiary/aromatic N) is 1. The highest BCUT2D eigenvalue weighted by Gasteiger charge is 2.07. The summed E-state index contributed by atoms with van der Waals surface area (Å²) < 4.78 is 2.00. The third-order valence-corrected chi connectivity index (χ3v) is 3.98. The predicted octanol–water partition coefficient (Wildman–Crippen LogP) is 4.31. The van der Waals surface area contributed by atoms with Crippen molar-refractivity contribution < 1.29 is 4.79 Å². The summed E-state index contributed by atoms with van der Waals surface area (Å²) in [5.74, 6) is -0.129. The van der Waals surface area contributed by atoms with Crippen molar-refractivity contribution in [1.82, 2.24) is 4.98 Å². The fourth-order valence-electron chi connectivity index (χ4n) is 1.77. The minimum absolute atomic E-state index is 0.129. The van der Waals surface area contributed by atoms with Crippen molar-refractivity contribution >= 4 is 49.1 Å². The lowest BCUT2D eigenvalue weighted by Crippen LogP contribution is -2.11. The molecule has 5 heteroatoms. The molecule has 0 spiro atoms. The molecular weight excluding hydrogens is 324 g/mol. The summed E-state index contributed by atoms with van der Waals surface area (Å²) in [6.45, 7) is 0. The number of nitrogens with one attached hydrogen (secondary N) is 1. The Hall–Kier alpha value is -1.72. The molecule has 1 heterocycles. The van der Waals surface area contributed by atoms with Gasteiger partial charge in [-0.25, -0.2) is 4.98 Å². The Kier molecular flexibility index (Phi) is 3.31. The lowest BCUT2D eigenvalue weighted by Gasteiger charge is -2.05. The second-order valence-electron chi connectivity index (χ2n) is 4.00. The first kappa shape index (κ1) is 12.3. The van der Waals surface area contributed by atoms with Crippen LogP contribution in [-0.2, 0) is 0 Å². The zero-order valence-electron chi connectivity index (χ0n) is 9.76. The van der Waals surface area contributed by atoms with Crippen molar-refractivity contribution in [3.8, 4) is 0 Å². The van der Waals surface area contributed by atoms with Gasteiger partial charge in [-0.05, 0) is 36.4 Å². The molecule has 1 aromatic heterocycles. The monoisotopic (exact) mass is 332 g/mol. The van der Waals surface area contributed by atoms with Crippen molar-refractivity contribution in [2.24, 2.45) is 0 Å². The number of rotatable bonds is 2. The maximum absolute atomic E-state index is 12.1. The standard InChI is InChI=1S/C14H9BrN2OS/c15-10-3-1-2-9(6-10)14(18)17-11-4-5-13-12(7-11)16-8-19-13/h1-8H,(H,17,18). The maximum atomic E-state index is 12.1. The Morgan fingerprint density at radius 1 is 1.21 bits per heavy atom. The maximum Gasteiger partial charge on any atom is 0.255 e. The molecule has 3 rings (SSSR count). The Morgan fingerprint density at radius 2 is 2.11 bits per heavy atom. The van der Waals surface area contributed by atoms with Crippen molar-refractivity contribution in [1.29, 1.82) is 0 Å². The summed E-state index contributed by atoms with van der Waals surface area (Å²) in [6.07, 6.45) is 0. The Morgan fingerprint density at radius 3 is 2.95 bits per heavy atom. The zero-order chi connectivity index (χ0) is 13.2. The summed E-state index contributed by atoms with van der Waals surface area (Å²) in [5.41, 5.74) is 4.07. The van der Waals surface area contributed by atoms with Crippen molar-refractivity contribution in [2.45, 2.75) is 0 Å². The van der Waals surface area contributed by atoms with E-state index in [9.17, 15) is 4.79 Å². The molecule has 0 unspecified atom stereocenters. The first-order chi connectivity index (χ1) is 9.22. The minimum Gasteiger partial charge on any atom is -0.322 e. The molecule has 0 fully saturated rings. The average molecular weight is 333 g/mol. The second-order valence-corrected chi connectivity index (χ2v) is 5.80. The lowest BCUT2D eigenvalue weighted by molar-refractivity contribution is 0.102. The number of aromatic nitrogens is 1. The quantitative estimate of drug-likeness (QED) is 0.759. The fourth-order valence-corrected chi connectivity index (χ4v) is 2.83. The number of anilines is 1. The zero-order valence-corrected chi connectivity index (χ0v) is 12.2. The number of hydrogen-bond acceptors (Lipinski definition) is 3. The van der Waals surface area contributed by atoms with E-state index in [1.165, 1.54) is 0 Å². The van der Waals surface area contributed by atoms with Gasteiger partial charge < -0.3 is 5.32 Å². The number of hydrogen-bond donors (Lipinski definition) is 1. The first-order valence-corrected chi connectivity index (χ1v) is 7.30. The van der Waals surface area contributed by atoms with Crippen LogP contribution >= 0.6 is 27.3 Å². The molecule has 1 amide bonds. The number of halogens is 1. The van der Waals surface area contributed by atoms with Gasteiger partial charge in [-0.1, -0.05) is 22.0 Å². The molecule has 0 atom stereocenters. The van der Waals surface area contributed by atoms with Gasteiger partial charge in [0.05, 0.1) is 15.7 Å². The largest absolute Gasteiger partial charge is 0.322 e. The second kappa shape index (κ2) is 5.11. The predicted molar refractivity (Wildman–Crippen MR) is 81.7 cm³/mol. The van der Waals surface area contributed by atoms with Crippen LogP contribution in [-0.4, -0.2) is 10.9 Å². The molecule has 0 saturated carbocycles. The molecule has 1 N–H and O–H groups in total. The van der Waals surface area contributed by atoms with Crippen LogP contribution in [0.3, 0.4) is 0 Å². The number of carbonyl (C=O) groups is 1. The molecule has 0 aliphatic rings. The summed E-state index contributed by atoms with van der Waals surface area (Å²) in [5, 5.41) is 2.87. The molecule has 0 radical (unpaired) electrons. The summed E-state index contributed by atoms with van der Waals surface area (Å²) in [7, 11) is 0. The summed E-state index contributed by atoms with van der Waals surface area (Å²) in [4.78, 5) is 16.3. The third kappa shape index (κ3) is 2.67. The SMILES string of the molecule is O=C(Nc1ccc2scnc2c1)c1cccc(Br)c1. The van der Waals surface area contributed by atoms with Gasteiger partial charge in [0.15, 0.2) is 0 Å². The van der Waals surface area contributed by atoms with Crippen molar-refractivity contribution in [2.75, 3.05) is 5.32 Å². The van der Waals surface area contributed by atoms with E-state index in [1.807, 2.05) is 30.3 Å². The minimum atomic E-state index is -0.129. The van der Waals surface area contributed by atoms with E-state index in [0.717, 1.165) is 20.4 Å². The van der Waals surface area contributed by atoms with Crippen LogP contribution in [0.2, 0.25) is 0 Å². The normalized spacial score (nSPS) is 10.6. The Balaban J connectivity index is 1.86. The van der Waals surface area contributed by atoms with E-state index in [1.54, 1.807) is 29.0 Å². The van der Waals surface area contributed by atoms with Crippen LogP contribution in [0, 0.1) is 0 Å². The molecule has 94 valence electrons. The summed E-state index contributed by atoms with van der Waals surface area (Å²) in [6, 6.07) is 13.0. The van der Waals surface area contributed by atoms with Crippen molar-refractivity contribution in [3.05, 3.63) is 58.0 Å². The van der Waals surface area contributed by atoms with E-state index >= 15 is 0 Å². The van der Waals surface area contributed by atoms with Crippen LogP contribution in [0.15, 0.2) is 52.4 Å². The molecule has 0 aliphatic carbocycles. The molecule has 0 saturated heterocycles. The van der Waals surface area contributed by atoms with Crippen LogP contribution in [0.4, 0.5) is 5.69 Å². The molecule has 3 aromatic rings. The smallest absolute Gasteiger partial charge is 0.255 e. The number of amides is 1. The third-order valence-electron chi connectivity index (χ3n) is 2.68. The van der Waals surface area contributed by atoms with E-state index < -0.39 is 0 Å². The van der Waals surface area contributed by atoms with E-state index in [0.29, 0.717) is 5.56 Å². The number of fused-ring (bicyclic) bond motifs is 1. The van der Waals surface area contributed by atoms with E-state index in [2.05, 4.69) is 26.2 Å². The topological polar surface area (TPSA) is 42.0 Å². The van der Waals surface area contributed by atoms with Gasteiger partial charge in [-0.2, -0.15) is 0 Å². The van der Waals surface area contributed by atoms with Gasteiger partial charge in [0.1, 0.15) is 0 Å². The van der Waals surface area contributed by atoms with Crippen LogP contribution < -0.4 is 5.32 Å². The highest BCUT2D eigenvalue weighted by Crippen LogP contribution is 2.22. The van der Waals surface area contributed by atoms with Crippen LogP contribution in [0.1, 0.15) is 10.4 Å². The molecule has 0 bridgehead atoms. The molecule has 0 aliphatic heterocycles. The number of carbonyl (C=O) groups excluding carboxylic acids is 1. The van der Waals surface area contributed by atoms with Crippen LogP contribution in [0.5, 0.6) is 0 Å². The highest BCUT2D eigenvalue weighted by atomic mass is 79.9. The van der Waals surface area contributed by atoms with Gasteiger partial charge in [0.25, 0.3) is 5.91 Å². The Bertz CT molecular complexity index is 754. The summed E-state index contributed by atoms with van der Waals surface area (Å²) >= 11 is 4.94. The van der Waals surface area contributed by atoms with Gasteiger partial charge in [0, 0.05) is 15.7 Å². The van der Waals surface area contributed by atoms with Gasteiger partial charge in [0.2, 0.25) is 0 Å². The number of thiazole rings is 1. The first-order valence-electron chi connectivity index (χ1n) is 5.62. The van der Waals surface area contributed by atoms with Gasteiger partial charge in [-0.15, -0.1) is 11.3 Å². The van der Waals surface area contributed by atoms with E-state index in [4.69, 9.17) is 0 Å². The van der Waals surface area contributed by atoms with Gasteiger partial charge in [-0.3, -0.25) is 4.79 Å². The molecule has 3 nitrogen and oxygen atoms in total. The van der Waals surface area contributed by atoms with Gasteiger partial charge >= 0.3 is 0 Å². The molecule has 2 aromatic carbocycles.